The van der Waals surface area contributed by atoms with Gasteiger partial charge in [-0.25, -0.2) is 0 Å². The van der Waals surface area contributed by atoms with E-state index in [1.54, 1.807) is 31.2 Å². The molecule has 1 aliphatic rings. The first kappa shape index (κ1) is 26.4. The summed E-state index contributed by atoms with van der Waals surface area (Å²) in [6.45, 7) is 5.81. The lowest BCUT2D eigenvalue weighted by atomic mass is 9.95. The summed E-state index contributed by atoms with van der Waals surface area (Å²) in [4.78, 5) is 39.0. The van der Waals surface area contributed by atoms with E-state index in [0.29, 0.717) is 21.9 Å². The largest absolute Gasteiger partial charge is 0.481 e. The molecule has 3 aromatic rings. The van der Waals surface area contributed by atoms with Crippen molar-refractivity contribution in [3.8, 4) is 5.75 Å². The van der Waals surface area contributed by atoms with E-state index in [1.807, 2.05) is 18.2 Å². The third kappa shape index (κ3) is 5.85. The smallest absolute Gasteiger partial charge is 0.265 e. The Morgan fingerprint density at radius 1 is 0.973 bits per heavy atom. The molecule has 0 unspecified atom stereocenters. The second-order valence-corrected chi connectivity index (χ2v) is 10.3. The highest BCUT2D eigenvalue weighted by molar-refractivity contribution is 7.17. The first-order valence-electron chi connectivity index (χ1n) is 12.8. The van der Waals surface area contributed by atoms with Crippen LogP contribution in [0.2, 0.25) is 0 Å². The highest BCUT2D eigenvalue weighted by atomic mass is 32.1. The number of rotatable bonds is 9. The maximum Gasteiger partial charge on any atom is 0.265 e. The number of fused-ring (bicyclic) bond motifs is 1. The van der Waals surface area contributed by atoms with Crippen LogP contribution in [0.15, 0.2) is 42.5 Å². The number of anilines is 2. The van der Waals surface area contributed by atoms with Gasteiger partial charge in [0.15, 0.2) is 6.10 Å². The van der Waals surface area contributed by atoms with E-state index < -0.39 is 12.0 Å². The number of amides is 3. The molecule has 4 rings (SSSR count). The van der Waals surface area contributed by atoms with Crippen LogP contribution in [0.25, 0.3) is 0 Å². The van der Waals surface area contributed by atoms with Gasteiger partial charge in [-0.05, 0) is 86.4 Å². The minimum atomic E-state index is -0.732. The van der Waals surface area contributed by atoms with Gasteiger partial charge in [-0.1, -0.05) is 32.0 Å². The number of benzene rings is 2. The highest BCUT2D eigenvalue weighted by Crippen LogP contribution is 2.38. The first-order valence-corrected chi connectivity index (χ1v) is 13.6. The first-order chi connectivity index (χ1) is 17.8. The summed E-state index contributed by atoms with van der Waals surface area (Å²) >= 11 is 1.43. The number of thiophene rings is 1. The van der Waals surface area contributed by atoms with Gasteiger partial charge in [0.1, 0.15) is 10.8 Å². The second kappa shape index (κ2) is 11.6. The van der Waals surface area contributed by atoms with Gasteiger partial charge in [-0.15, -0.1) is 11.3 Å². The molecule has 1 aliphatic carbocycles. The summed E-state index contributed by atoms with van der Waals surface area (Å²) in [5, 5.41) is 6.40. The minimum absolute atomic E-state index is 0.238. The Balaban J connectivity index is 1.41. The molecule has 0 spiro atoms. The van der Waals surface area contributed by atoms with E-state index in [4.69, 9.17) is 10.5 Å². The van der Waals surface area contributed by atoms with Crippen LogP contribution in [-0.2, 0) is 30.5 Å². The van der Waals surface area contributed by atoms with Crippen LogP contribution in [0.1, 0.15) is 75.9 Å². The van der Waals surface area contributed by atoms with E-state index in [-0.39, 0.29) is 11.8 Å². The van der Waals surface area contributed by atoms with Crippen LogP contribution < -0.4 is 21.1 Å². The summed E-state index contributed by atoms with van der Waals surface area (Å²) < 4.78 is 5.85. The van der Waals surface area contributed by atoms with E-state index >= 15 is 0 Å². The van der Waals surface area contributed by atoms with Crippen molar-refractivity contribution in [2.75, 3.05) is 10.6 Å². The molecule has 37 heavy (non-hydrogen) atoms. The highest BCUT2D eigenvalue weighted by Gasteiger charge is 2.25. The molecule has 8 heteroatoms. The molecule has 1 aromatic heterocycles. The Bertz CT molecular complexity index is 1290. The zero-order chi connectivity index (χ0) is 26.5. The molecule has 0 radical (unpaired) electrons. The third-order valence-corrected chi connectivity index (χ3v) is 7.90. The maximum atomic E-state index is 12.9. The molecule has 0 aliphatic heterocycles. The number of primary amides is 1. The van der Waals surface area contributed by atoms with Crippen LogP contribution >= 0.6 is 11.3 Å². The fraction of sp³-hybridized carbons (Fsp3) is 0.345. The predicted molar refractivity (Wildman–Crippen MR) is 148 cm³/mol. The molecule has 4 N–H and O–H groups in total. The zero-order valence-electron chi connectivity index (χ0n) is 21.5. The van der Waals surface area contributed by atoms with Gasteiger partial charge in [0.2, 0.25) is 0 Å². The Labute approximate surface area is 221 Å². The van der Waals surface area contributed by atoms with Crippen molar-refractivity contribution in [3.05, 3.63) is 75.2 Å². The van der Waals surface area contributed by atoms with Crippen LogP contribution in [0.5, 0.6) is 5.75 Å². The quantitative estimate of drug-likeness (QED) is 0.346. The minimum Gasteiger partial charge on any atom is -0.481 e. The van der Waals surface area contributed by atoms with Crippen LogP contribution in [0.3, 0.4) is 0 Å². The van der Waals surface area contributed by atoms with Gasteiger partial charge >= 0.3 is 0 Å². The van der Waals surface area contributed by atoms with Crippen molar-refractivity contribution in [1.82, 2.24) is 0 Å². The average molecular weight is 520 g/mol. The van der Waals surface area contributed by atoms with Crippen molar-refractivity contribution < 1.29 is 19.1 Å². The maximum absolute atomic E-state index is 12.9. The molecule has 2 aromatic carbocycles. The fourth-order valence-corrected chi connectivity index (χ4v) is 5.95. The van der Waals surface area contributed by atoms with E-state index in [0.717, 1.165) is 65.8 Å². The van der Waals surface area contributed by atoms with Gasteiger partial charge < -0.3 is 21.1 Å². The van der Waals surface area contributed by atoms with Crippen molar-refractivity contribution in [1.29, 1.82) is 0 Å². The molecule has 0 saturated carbocycles. The van der Waals surface area contributed by atoms with Crippen molar-refractivity contribution >= 4 is 39.7 Å². The second-order valence-electron chi connectivity index (χ2n) is 9.17. The van der Waals surface area contributed by atoms with Crippen LogP contribution in [0, 0.1) is 0 Å². The third-order valence-electron chi connectivity index (χ3n) is 6.69. The Kier molecular flexibility index (Phi) is 8.28. The molecule has 7 nitrogen and oxygen atoms in total. The number of para-hydroxylation sites is 1. The number of carbonyl (C=O) groups is 3. The molecular formula is C29H33N3O4S. The summed E-state index contributed by atoms with van der Waals surface area (Å²) in [5.74, 6) is -0.610. The topological polar surface area (TPSA) is 111 Å². The lowest BCUT2D eigenvalue weighted by molar-refractivity contribution is -0.122. The summed E-state index contributed by atoms with van der Waals surface area (Å²) in [6, 6.07) is 12.6. The summed E-state index contributed by atoms with van der Waals surface area (Å²) in [7, 11) is 0. The monoisotopic (exact) mass is 519 g/mol. The summed E-state index contributed by atoms with van der Waals surface area (Å²) in [5.41, 5.74) is 10.5. The molecule has 3 amide bonds. The zero-order valence-corrected chi connectivity index (χ0v) is 22.3. The molecule has 0 fully saturated rings. The van der Waals surface area contributed by atoms with Gasteiger partial charge in [-0.3, -0.25) is 14.4 Å². The number of hydrogen-bond acceptors (Lipinski definition) is 5. The van der Waals surface area contributed by atoms with Gasteiger partial charge in [-0.2, -0.15) is 0 Å². The van der Waals surface area contributed by atoms with Crippen LogP contribution in [-0.4, -0.2) is 23.8 Å². The van der Waals surface area contributed by atoms with Crippen molar-refractivity contribution in [3.63, 3.8) is 0 Å². The van der Waals surface area contributed by atoms with Gasteiger partial charge in [0.25, 0.3) is 17.7 Å². The number of aryl methyl sites for hydroxylation is 3. The van der Waals surface area contributed by atoms with Crippen molar-refractivity contribution in [2.45, 2.75) is 65.4 Å². The molecule has 0 saturated heterocycles. The average Bonchev–Trinajstić information content (AvgIpc) is 3.27. The van der Waals surface area contributed by atoms with E-state index in [2.05, 4.69) is 24.5 Å². The lowest BCUT2D eigenvalue weighted by Gasteiger charge is -2.18. The fourth-order valence-electron chi connectivity index (χ4n) is 4.66. The normalized spacial score (nSPS) is 13.4. The molecule has 194 valence electrons. The van der Waals surface area contributed by atoms with Gasteiger partial charge in [0.05, 0.1) is 5.56 Å². The Morgan fingerprint density at radius 3 is 2.24 bits per heavy atom. The number of hydrogen-bond donors (Lipinski definition) is 3. The molecular weight excluding hydrogens is 486 g/mol. The number of nitrogens with two attached hydrogens (primary N) is 1. The number of ether oxygens (including phenoxy) is 1. The van der Waals surface area contributed by atoms with E-state index in [1.165, 1.54) is 11.3 Å². The lowest BCUT2D eigenvalue weighted by Crippen LogP contribution is -2.31. The standard InChI is InChI=1S/C29H33N3O4S/c1-4-18-9-8-10-19(5-2)25(18)31-27(34)17(3)36-21-15-13-20(14-16-21)28(35)32-29-24(26(30)33)22-11-6-7-12-23(22)37-29/h8-10,13-17H,4-7,11-12H2,1-3H3,(H2,30,33)(H,31,34)(H,32,35)/t17-/m1/s1. The van der Waals surface area contributed by atoms with Gasteiger partial charge in [0, 0.05) is 16.1 Å². The molecule has 1 atom stereocenters. The number of nitrogens with one attached hydrogen (secondary N) is 2. The summed E-state index contributed by atoms with van der Waals surface area (Å²) in [6.07, 6.45) is 4.69. The Hall–Kier alpha value is -3.65. The van der Waals surface area contributed by atoms with Crippen molar-refractivity contribution in [2.24, 2.45) is 5.73 Å². The molecule has 0 bridgehead atoms. The predicted octanol–water partition coefficient (Wildman–Crippen LogP) is 5.51. The van der Waals surface area contributed by atoms with Crippen LogP contribution in [0.4, 0.5) is 10.7 Å². The number of carbonyl (C=O) groups excluding carboxylic acids is 3. The SMILES string of the molecule is CCc1cccc(CC)c1NC(=O)[C@@H](C)Oc1ccc(C(=O)Nc2sc3c(c2C(N)=O)CCCC3)cc1. The Morgan fingerprint density at radius 2 is 1.62 bits per heavy atom. The van der Waals surface area contributed by atoms with E-state index in [9.17, 15) is 14.4 Å². The molecule has 1 heterocycles.